The van der Waals surface area contributed by atoms with Gasteiger partial charge in [0.25, 0.3) is 0 Å². The molecule has 0 atom stereocenters. The summed E-state index contributed by atoms with van der Waals surface area (Å²) in [6.45, 7) is 10.4. The molecule has 0 N–H and O–H groups in total. The molecule has 0 bridgehead atoms. The van der Waals surface area contributed by atoms with Crippen molar-refractivity contribution in [2.75, 3.05) is 21.1 Å². The molecule has 7 heteroatoms. The normalized spacial score (nSPS) is 11.8. The molecule has 3 amide bonds. The van der Waals surface area contributed by atoms with Gasteiger partial charge in [0.1, 0.15) is 0 Å². The Bertz CT molecular complexity index is 367. The molecule has 0 spiro atoms. The van der Waals surface area contributed by atoms with E-state index in [9.17, 15) is 14.4 Å². The first-order valence-electron chi connectivity index (χ1n) is 6.55. The number of nitrogens with zero attached hydrogens (tertiary/aromatic N) is 3. The van der Waals surface area contributed by atoms with Gasteiger partial charge in [0.15, 0.2) is 0 Å². The van der Waals surface area contributed by atoms with Crippen LogP contribution in [0.2, 0.25) is 3.43 Å². The van der Waals surface area contributed by atoms with Gasteiger partial charge >= 0.3 is 127 Å². The van der Waals surface area contributed by atoms with Crippen LogP contribution < -0.4 is 0 Å². The Labute approximate surface area is 127 Å². The Morgan fingerprint density at radius 2 is 0.900 bits per heavy atom. The first-order valence-corrected chi connectivity index (χ1v) is 11.8. The maximum absolute atomic E-state index is 12.0. The minimum absolute atomic E-state index is 0.128. The van der Waals surface area contributed by atoms with E-state index in [2.05, 4.69) is 0 Å². The van der Waals surface area contributed by atoms with Crippen molar-refractivity contribution in [2.24, 2.45) is 0 Å². The zero-order chi connectivity index (χ0) is 16.5. The summed E-state index contributed by atoms with van der Waals surface area (Å²) in [6, 6.07) is 0. The Kier molecular flexibility index (Phi) is 6.07. The van der Waals surface area contributed by atoms with Crippen LogP contribution >= 0.6 is 0 Å². The van der Waals surface area contributed by atoms with Crippen LogP contribution in [0.3, 0.4) is 0 Å². The fourth-order valence-electron chi connectivity index (χ4n) is 2.84. The van der Waals surface area contributed by atoms with Crippen molar-refractivity contribution in [3.8, 4) is 0 Å². The molecular weight excluding hydrogens is 365 g/mol. The quantitative estimate of drug-likeness (QED) is 0.678. The van der Waals surface area contributed by atoms with E-state index in [1.807, 2.05) is 20.8 Å². The van der Waals surface area contributed by atoms with Gasteiger partial charge in [-0.15, -0.1) is 0 Å². The van der Waals surface area contributed by atoms with Gasteiger partial charge in [-0.25, -0.2) is 0 Å². The second-order valence-corrected chi connectivity index (χ2v) is 19.8. The van der Waals surface area contributed by atoms with Gasteiger partial charge in [0, 0.05) is 0 Å². The van der Waals surface area contributed by atoms with Crippen molar-refractivity contribution >= 4 is 36.9 Å². The van der Waals surface area contributed by atoms with Gasteiger partial charge in [-0.05, 0) is 0 Å². The second-order valence-electron chi connectivity index (χ2n) is 6.12. The van der Waals surface area contributed by atoms with Gasteiger partial charge < -0.3 is 0 Å². The molecule has 0 fully saturated rings. The molecule has 116 valence electrons. The van der Waals surface area contributed by atoms with Crippen molar-refractivity contribution in [1.82, 2.24) is 9.36 Å². The summed E-state index contributed by atoms with van der Waals surface area (Å²) in [5.41, 5.74) is 0. The van der Waals surface area contributed by atoms with E-state index in [4.69, 9.17) is 0 Å². The number of rotatable bonds is 3. The first kappa shape index (κ1) is 19.2. The molecule has 0 radical (unpaired) electrons. The number of carbonyl (C=O) groups is 3. The summed E-state index contributed by atoms with van der Waals surface area (Å²) >= 11 is -4.01. The van der Waals surface area contributed by atoms with Crippen LogP contribution in [-0.2, 0) is 14.4 Å². The van der Waals surface area contributed by atoms with E-state index >= 15 is 0 Å². The molecule has 6 nitrogen and oxygen atoms in total. The second kappa shape index (κ2) is 6.32. The van der Waals surface area contributed by atoms with E-state index in [1.165, 1.54) is 20.8 Å². The van der Waals surface area contributed by atoms with Crippen LogP contribution in [0.15, 0.2) is 0 Å². The predicted octanol–water partition coefficient (Wildman–Crippen LogP) is 1.16. The molecule has 0 aromatic carbocycles. The van der Waals surface area contributed by atoms with Crippen molar-refractivity contribution in [2.45, 2.75) is 45.0 Å². The Morgan fingerprint density at radius 3 is 1.00 bits per heavy atom. The summed E-state index contributed by atoms with van der Waals surface area (Å²) in [5.74, 6) is -0.384. The molecule has 0 saturated heterocycles. The standard InChI is InChI=1S/C4H9.3C3H7NO.Sn/c1-4(2)3;3*1-3(5)4-2;/h1-3H3;3*1-2H3,(H,4,5);/q;;;;+3/p-3. The zero-order valence-electron chi connectivity index (χ0n) is 14.1. The van der Waals surface area contributed by atoms with E-state index < -0.39 is 19.2 Å². The summed E-state index contributed by atoms with van der Waals surface area (Å²) in [5, 5.41) is 0. The summed E-state index contributed by atoms with van der Waals surface area (Å²) in [7, 11) is 5.09. The monoisotopic (exact) mass is 393 g/mol. The first-order chi connectivity index (χ1) is 8.81. The maximum atomic E-state index is 12.0. The van der Waals surface area contributed by atoms with E-state index in [0.717, 1.165) is 0 Å². The SMILES string of the molecule is CC(=O)[N](C)[Sn]([N](C)C(C)=O)([N](C)C(C)=O)[C](C)(C)C. The van der Waals surface area contributed by atoms with Gasteiger partial charge in [-0.3, -0.25) is 0 Å². The van der Waals surface area contributed by atoms with Crippen LogP contribution in [0, 0.1) is 0 Å². The predicted molar refractivity (Wildman–Crippen MR) is 80.8 cm³/mol. The Hall–Kier alpha value is -0.791. The number of hydrogen-bond acceptors (Lipinski definition) is 3. The molecule has 0 aromatic heterocycles. The van der Waals surface area contributed by atoms with Crippen LogP contribution in [0.4, 0.5) is 0 Å². The van der Waals surface area contributed by atoms with Crippen LogP contribution in [0.25, 0.3) is 0 Å². The van der Waals surface area contributed by atoms with Crippen LogP contribution in [0.1, 0.15) is 41.5 Å². The van der Waals surface area contributed by atoms with Crippen molar-refractivity contribution < 1.29 is 14.4 Å². The van der Waals surface area contributed by atoms with E-state index in [-0.39, 0.29) is 21.2 Å². The Morgan fingerprint density at radius 1 is 0.700 bits per heavy atom. The van der Waals surface area contributed by atoms with Gasteiger partial charge in [0.05, 0.1) is 0 Å². The van der Waals surface area contributed by atoms with E-state index in [0.29, 0.717) is 0 Å². The average Bonchev–Trinajstić information content (AvgIpc) is 2.26. The zero-order valence-corrected chi connectivity index (χ0v) is 16.9. The number of amides is 3. The molecule has 0 aliphatic rings. The topological polar surface area (TPSA) is 60.9 Å². The number of carbonyl (C=O) groups excluding carboxylic acids is 3. The van der Waals surface area contributed by atoms with Crippen molar-refractivity contribution in [3.63, 3.8) is 0 Å². The molecule has 0 unspecified atom stereocenters. The molecule has 0 heterocycles. The molecule has 0 saturated carbocycles. The third-order valence-electron chi connectivity index (χ3n) is 3.83. The summed E-state index contributed by atoms with van der Waals surface area (Å²) < 4.78 is 4.60. The third kappa shape index (κ3) is 3.10. The van der Waals surface area contributed by atoms with Gasteiger partial charge in [-0.2, -0.15) is 0 Å². The molecule has 0 rings (SSSR count). The molecule has 0 aromatic rings. The van der Waals surface area contributed by atoms with Gasteiger partial charge in [0.2, 0.25) is 0 Å². The Balaban J connectivity index is 6.41. The van der Waals surface area contributed by atoms with Crippen molar-refractivity contribution in [1.29, 1.82) is 0 Å². The number of hydrogen-bond donors (Lipinski definition) is 0. The van der Waals surface area contributed by atoms with Gasteiger partial charge in [-0.1, -0.05) is 0 Å². The minimum atomic E-state index is -4.01. The fraction of sp³-hybridized carbons (Fsp3) is 0.769. The van der Waals surface area contributed by atoms with Crippen molar-refractivity contribution in [3.05, 3.63) is 0 Å². The van der Waals surface area contributed by atoms with Crippen LogP contribution in [-0.4, -0.2) is 67.4 Å². The van der Waals surface area contributed by atoms with Crippen LogP contribution in [0.5, 0.6) is 0 Å². The molecular formula is C13H27N3O3Sn. The molecule has 0 aliphatic heterocycles. The molecule has 20 heavy (non-hydrogen) atoms. The fourth-order valence-corrected chi connectivity index (χ4v) is 19.1. The average molecular weight is 392 g/mol. The summed E-state index contributed by atoms with van der Waals surface area (Å²) in [4.78, 5) is 36.0. The van der Waals surface area contributed by atoms with E-state index in [1.54, 1.807) is 30.5 Å². The molecule has 0 aliphatic carbocycles. The summed E-state index contributed by atoms with van der Waals surface area (Å²) in [6.07, 6.45) is 0. The third-order valence-corrected chi connectivity index (χ3v) is 20.3.